The molecular weight excluding hydrogens is 751 g/mol. The molecule has 0 saturated carbocycles. The van der Waals surface area contributed by atoms with E-state index in [9.17, 15) is 0 Å². The van der Waals surface area contributed by atoms with Crippen LogP contribution in [0.3, 0.4) is 0 Å². The molecule has 0 fully saturated rings. The van der Waals surface area contributed by atoms with E-state index in [1.54, 1.807) is 0 Å². The van der Waals surface area contributed by atoms with Gasteiger partial charge in [0.1, 0.15) is 11.2 Å². The fourth-order valence-electron chi connectivity index (χ4n) is 9.39. The Bertz CT molecular complexity index is 3140. The molecule has 1 radical (unpaired) electrons. The number of hydrogen-bond donors (Lipinski definition) is 1. The first kappa shape index (κ1) is 39.4. The molecule has 0 unspecified atom stereocenters. The first-order valence-corrected chi connectivity index (χ1v) is 21.8. The Kier molecular flexibility index (Phi) is 9.52. The zero-order chi connectivity index (χ0) is 42.9. The van der Waals surface area contributed by atoms with Crippen LogP contribution in [-0.4, -0.2) is 7.28 Å². The van der Waals surface area contributed by atoms with Crippen molar-refractivity contribution in [2.75, 3.05) is 10.2 Å². The van der Waals surface area contributed by atoms with Crippen LogP contribution in [0.1, 0.15) is 63.8 Å². The van der Waals surface area contributed by atoms with Crippen molar-refractivity contribution in [3.05, 3.63) is 186 Å². The molecule has 4 heteroatoms. The first-order valence-electron chi connectivity index (χ1n) is 21.8. The molecule has 1 aliphatic heterocycles. The average molecular weight is 804 g/mol. The molecule has 8 aromatic carbocycles. The Morgan fingerprint density at radius 2 is 1.19 bits per heavy atom. The lowest BCUT2D eigenvalue weighted by Crippen LogP contribution is -2.41. The summed E-state index contributed by atoms with van der Waals surface area (Å²) in [5.74, 6) is 0. The van der Waals surface area contributed by atoms with E-state index in [1.807, 2.05) is 0 Å². The molecule has 0 bridgehead atoms. The Hall–Kier alpha value is -6.78. The Balaban J connectivity index is 1.30. The van der Waals surface area contributed by atoms with Crippen molar-refractivity contribution >= 4 is 68.6 Å². The second-order valence-electron chi connectivity index (χ2n) is 19.0. The third-order valence-corrected chi connectivity index (χ3v) is 12.7. The number of aryl methyl sites for hydroxylation is 2. The van der Waals surface area contributed by atoms with Crippen LogP contribution in [0.2, 0.25) is 0 Å². The van der Waals surface area contributed by atoms with Gasteiger partial charge in [-0.1, -0.05) is 156 Å². The molecule has 303 valence electrons. The first-order chi connectivity index (χ1) is 29.8. The molecule has 9 aromatic rings. The number of benzene rings is 8. The van der Waals surface area contributed by atoms with Gasteiger partial charge in [-0.15, -0.1) is 0 Å². The summed E-state index contributed by atoms with van der Waals surface area (Å²) in [6.07, 6.45) is 0. The van der Waals surface area contributed by atoms with Gasteiger partial charge in [0.15, 0.2) is 7.28 Å². The Labute approximate surface area is 367 Å². The van der Waals surface area contributed by atoms with Crippen LogP contribution in [-0.2, 0) is 10.8 Å². The summed E-state index contributed by atoms with van der Waals surface area (Å²) in [6.45, 7) is 18.1. The number of rotatable bonds is 6. The summed E-state index contributed by atoms with van der Waals surface area (Å²) in [5, 5.41) is 6.07. The number of hydrogen-bond acceptors (Lipinski definition) is 3. The summed E-state index contributed by atoms with van der Waals surface area (Å²) < 4.78 is 6.64. The van der Waals surface area contributed by atoms with Gasteiger partial charge in [0.05, 0.1) is 16.8 Å². The normalized spacial score (nSPS) is 12.6. The third-order valence-electron chi connectivity index (χ3n) is 12.7. The largest absolute Gasteiger partial charge is 0.456 e. The monoisotopic (exact) mass is 803 g/mol. The van der Waals surface area contributed by atoms with E-state index in [0.29, 0.717) is 0 Å². The summed E-state index contributed by atoms with van der Waals surface area (Å²) in [5.41, 5.74) is 21.7. The lowest BCUT2D eigenvalue weighted by Gasteiger charge is -2.37. The fraction of sp³-hybridized carbons (Fsp3) is 0.172. The maximum atomic E-state index is 6.64. The van der Waals surface area contributed by atoms with Gasteiger partial charge >= 0.3 is 0 Å². The Morgan fingerprint density at radius 3 is 1.94 bits per heavy atom. The fourth-order valence-corrected chi connectivity index (χ4v) is 9.39. The van der Waals surface area contributed by atoms with E-state index in [0.717, 1.165) is 72.4 Å². The van der Waals surface area contributed by atoms with Gasteiger partial charge in [-0.2, -0.15) is 0 Å². The molecule has 1 N–H and O–H groups in total. The van der Waals surface area contributed by atoms with Crippen molar-refractivity contribution in [2.45, 2.75) is 66.2 Å². The highest BCUT2D eigenvalue weighted by Crippen LogP contribution is 2.49. The second-order valence-corrected chi connectivity index (χ2v) is 19.0. The van der Waals surface area contributed by atoms with Crippen molar-refractivity contribution in [1.29, 1.82) is 0 Å². The number of anilines is 5. The highest BCUT2D eigenvalue weighted by atomic mass is 16.3. The van der Waals surface area contributed by atoms with E-state index in [1.165, 1.54) is 44.5 Å². The van der Waals surface area contributed by atoms with Crippen LogP contribution in [0.15, 0.2) is 168 Å². The maximum absolute atomic E-state index is 6.64. The number of nitrogens with zero attached hydrogens (tertiary/aromatic N) is 1. The molecule has 0 atom stereocenters. The predicted molar refractivity (Wildman–Crippen MR) is 266 cm³/mol. The lowest BCUT2D eigenvalue weighted by molar-refractivity contribution is 0.590. The van der Waals surface area contributed by atoms with Gasteiger partial charge in [-0.3, -0.25) is 0 Å². The number of para-hydroxylation sites is 2. The molecule has 1 aromatic heterocycles. The standard InChI is InChI=1S/C58H52BN2O/c1-36-17-16-18-37(2)53(36)39-33-46(43-21-12-14-23-48(43)60-42-28-25-40(26-29-42)57(3,4)5)55-50(34-39)61(49-31-27-41(58(6,7)8)35-45(49)38-19-10-9-11-20-38)56-47(59-55)30-32-52-54(56)44-22-13-15-24-51(44)62-52/h9-35,60H,1-8H3. The number of nitrogens with one attached hydrogen (secondary N) is 1. The van der Waals surface area contributed by atoms with Crippen LogP contribution in [0.5, 0.6) is 0 Å². The quantitative estimate of drug-likeness (QED) is 0.170. The van der Waals surface area contributed by atoms with E-state index in [-0.39, 0.29) is 10.8 Å². The van der Waals surface area contributed by atoms with Crippen molar-refractivity contribution in [1.82, 2.24) is 0 Å². The van der Waals surface area contributed by atoms with Crippen LogP contribution >= 0.6 is 0 Å². The zero-order valence-corrected chi connectivity index (χ0v) is 37.0. The van der Waals surface area contributed by atoms with E-state index in [2.05, 4.69) is 237 Å². The molecule has 2 heterocycles. The minimum Gasteiger partial charge on any atom is -0.456 e. The van der Waals surface area contributed by atoms with Gasteiger partial charge in [0.2, 0.25) is 0 Å². The summed E-state index contributed by atoms with van der Waals surface area (Å²) >= 11 is 0. The molecular formula is C58H52BN2O. The molecule has 0 aliphatic carbocycles. The van der Waals surface area contributed by atoms with Crippen molar-refractivity contribution in [3.8, 4) is 33.4 Å². The van der Waals surface area contributed by atoms with Crippen LogP contribution < -0.4 is 21.1 Å². The highest BCUT2D eigenvalue weighted by Gasteiger charge is 2.33. The SMILES string of the molecule is Cc1cccc(C)c1-c1cc(-c2ccccc2Nc2ccc(C(C)(C)C)cc2)c2c(c1)N(c1ccc(C(C)(C)C)cc1-c1ccccc1)c1c(ccc3oc4ccccc4c13)[B]2. The third kappa shape index (κ3) is 6.88. The molecule has 0 saturated heterocycles. The van der Waals surface area contributed by atoms with Crippen molar-refractivity contribution in [2.24, 2.45) is 0 Å². The highest BCUT2D eigenvalue weighted by molar-refractivity contribution is 6.74. The average Bonchev–Trinajstić information content (AvgIpc) is 3.64. The second kappa shape index (κ2) is 15.0. The van der Waals surface area contributed by atoms with Gasteiger partial charge in [-0.05, 0) is 129 Å². The van der Waals surface area contributed by atoms with Crippen LogP contribution in [0.4, 0.5) is 28.4 Å². The van der Waals surface area contributed by atoms with Crippen molar-refractivity contribution < 1.29 is 4.42 Å². The summed E-state index contributed by atoms with van der Waals surface area (Å²) in [4.78, 5) is 2.55. The minimum absolute atomic E-state index is 0.0476. The van der Waals surface area contributed by atoms with E-state index >= 15 is 0 Å². The minimum atomic E-state index is -0.0476. The maximum Gasteiger partial charge on any atom is 0.197 e. The lowest BCUT2D eigenvalue weighted by atomic mass is 9.57. The molecule has 0 spiro atoms. The van der Waals surface area contributed by atoms with Crippen molar-refractivity contribution in [3.63, 3.8) is 0 Å². The molecule has 10 rings (SSSR count). The van der Waals surface area contributed by atoms with Crippen LogP contribution in [0, 0.1) is 13.8 Å². The molecule has 3 nitrogen and oxygen atoms in total. The van der Waals surface area contributed by atoms with Gasteiger partial charge in [0.25, 0.3) is 0 Å². The number of furan rings is 1. The van der Waals surface area contributed by atoms with Gasteiger partial charge in [0, 0.05) is 33.6 Å². The molecule has 0 amide bonds. The predicted octanol–water partition coefficient (Wildman–Crippen LogP) is 15.0. The summed E-state index contributed by atoms with van der Waals surface area (Å²) in [6, 6.07) is 60.0. The smallest absolute Gasteiger partial charge is 0.197 e. The van der Waals surface area contributed by atoms with E-state index in [4.69, 9.17) is 4.42 Å². The van der Waals surface area contributed by atoms with E-state index < -0.39 is 0 Å². The topological polar surface area (TPSA) is 28.4 Å². The van der Waals surface area contributed by atoms with Gasteiger partial charge in [-0.25, -0.2) is 0 Å². The van der Waals surface area contributed by atoms with Gasteiger partial charge < -0.3 is 14.6 Å². The number of fused-ring (bicyclic) bond motifs is 6. The molecule has 1 aliphatic rings. The molecule has 62 heavy (non-hydrogen) atoms. The Morgan fingerprint density at radius 1 is 0.516 bits per heavy atom. The summed E-state index contributed by atoms with van der Waals surface area (Å²) in [7, 11) is 2.41. The van der Waals surface area contributed by atoms with Crippen LogP contribution in [0.25, 0.3) is 55.3 Å². The zero-order valence-electron chi connectivity index (χ0n) is 37.0.